The first-order valence-corrected chi connectivity index (χ1v) is 7.93. The van der Waals surface area contributed by atoms with Crippen LogP contribution in [0.5, 0.6) is 0 Å². The van der Waals surface area contributed by atoms with Crippen molar-refractivity contribution in [2.75, 3.05) is 32.1 Å². The van der Waals surface area contributed by atoms with Crippen LogP contribution in [0.1, 0.15) is 26.7 Å². The Morgan fingerprint density at radius 1 is 1.47 bits per heavy atom. The molecular formula is C11H24N2O3S. The third-order valence-electron chi connectivity index (χ3n) is 2.60. The minimum Gasteiger partial charge on any atom is -0.380 e. The topological polar surface area (TPSA) is 67.4 Å². The van der Waals surface area contributed by atoms with Gasteiger partial charge < -0.3 is 10.1 Å². The molecule has 0 radical (unpaired) electrons. The van der Waals surface area contributed by atoms with E-state index in [1.807, 2.05) is 0 Å². The van der Waals surface area contributed by atoms with Crippen molar-refractivity contribution in [3.63, 3.8) is 0 Å². The maximum Gasteiger partial charge on any atom is 0.213 e. The molecule has 0 amide bonds. The van der Waals surface area contributed by atoms with Gasteiger partial charge >= 0.3 is 0 Å². The molecule has 0 aromatic heterocycles. The summed E-state index contributed by atoms with van der Waals surface area (Å²) < 4.78 is 31.2. The Morgan fingerprint density at radius 3 is 2.82 bits per heavy atom. The Hall–Kier alpha value is -0.170. The summed E-state index contributed by atoms with van der Waals surface area (Å²) in [7, 11) is -3.16. The Bertz CT molecular complexity index is 298. The van der Waals surface area contributed by atoms with E-state index in [4.69, 9.17) is 4.74 Å². The molecule has 0 aliphatic carbocycles. The third-order valence-corrected chi connectivity index (χ3v) is 4.09. The maximum absolute atomic E-state index is 11.7. The summed E-state index contributed by atoms with van der Waals surface area (Å²) in [6, 6.07) is 0.115. The largest absolute Gasteiger partial charge is 0.380 e. The highest BCUT2D eigenvalue weighted by Gasteiger charge is 2.21. The van der Waals surface area contributed by atoms with E-state index in [1.165, 1.54) is 0 Å². The van der Waals surface area contributed by atoms with Gasteiger partial charge in [-0.25, -0.2) is 13.1 Å². The van der Waals surface area contributed by atoms with Gasteiger partial charge in [-0.1, -0.05) is 13.8 Å². The fourth-order valence-electron chi connectivity index (χ4n) is 1.81. The molecule has 17 heavy (non-hydrogen) atoms. The lowest BCUT2D eigenvalue weighted by Gasteiger charge is -2.12. The van der Waals surface area contributed by atoms with Crippen LogP contribution in [0.3, 0.4) is 0 Å². The highest BCUT2D eigenvalue weighted by atomic mass is 32.2. The molecule has 0 aromatic rings. The van der Waals surface area contributed by atoms with Gasteiger partial charge in [-0.3, -0.25) is 0 Å². The first-order valence-electron chi connectivity index (χ1n) is 6.28. The highest BCUT2D eigenvalue weighted by Crippen LogP contribution is 2.06. The van der Waals surface area contributed by atoms with E-state index < -0.39 is 10.0 Å². The molecule has 0 saturated carbocycles. The maximum atomic E-state index is 11.7. The molecule has 0 aromatic carbocycles. The number of hydrogen-bond acceptors (Lipinski definition) is 4. The van der Waals surface area contributed by atoms with E-state index in [2.05, 4.69) is 23.9 Å². The quantitative estimate of drug-likeness (QED) is 0.620. The molecule has 6 heteroatoms. The van der Waals surface area contributed by atoms with Crippen molar-refractivity contribution in [1.29, 1.82) is 0 Å². The molecule has 5 nitrogen and oxygen atoms in total. The Kier molecular flexibility index (Phi) is 6.40. The summed E-state index contributed by atoms with van der Waals surface area (Å²) in [6.45, 7) is 6.53. The first kappa shape index (κ1) is 14.9. The minimum atomic E-state index is -3.16. The van der Waals surface area contributed by atoms with Crippen LogP contribution in [-0.4, -0.2) is 46.5 Å². The first-order chi connectivity index (χ1) is 7.99. The summed E-state index contributed by atoms with van der Waals surface area (Å²) in [4.78, 5) is 0. The summed E-state index contributed by atoms with van der Waals surface area (Å²) in [5.74, 6) is 0.659. The Morgan fingerprint density at radius 2 is 2.24 bits per heavy atom. The molecule has 1 heterocycles. The number of hydrogen-bond donors (Lipinski definition) is 2. The van der Waals surface area contributed by atoms with E-state index >= 15 is 0 Å². The van der Waals surface area contributed by atoms with E-state index in [-0.39, 0.29) is 11.8 Å². The Labute approximate surface area is 104 Å². The van der Waals surface area contributed by atoms with E-state index in [1.54, 1.807) is 0 Å². The monoisotopic (exact) mass is 264 g/mol. The SMILES string of the molecule is CC(C)COCCNS(=O)(=O)CC1CCCN1. The smallest absolute Gasteiger partial charge is 0.213 e. The molecule has 1 saturated heterocycles. The second-order valence-corrected chi connectivity index (χ2v) is 6.79. The molecule has 1 atom stereocenters. The van der Waals surface area contributed by atoms with Gasteiger partial charge in [-0.15, -0.1) is 0 Å². The number of nitrogens with one attached hydrogen (secondary N) is 2. The second kappa shape index (κ2) is 7.31. The van der Waals surface area contributed by atoms with Crippen molar-refractivity contribution < 1.29 is 13.2 Å². The number of rotatable bonds is 8. The highest BCUT2D eigenvalue weighted by molar-refractivity contribution is 7.89. The van der Waals surface area contributed by atoms with Crippen molar-refractivity contribution in [3.05, 3.63) is 0 Å². The molecule has 0 spiro atoms. The fourth-order valence-corrected chi connectivity index (χ4v) is 3.14. The molecule has 102 valence electrons. The fraction of sp³-hybridized carbons (Fsp3) is 1.00. The van der Waals surface area contributed by atoms with Crippen molar-refractivity contribution >= 4 is 10.0 Å². The van der Waals surface area contributed by atoms with Crippen LogP contribution < -0.4 is 10.0 Å². The van der Waals surface area contributed by atoms with Gasteiger partial charge in [0, 0.05) is 19.2 Å². The number of sulfonamides is 1. The van der Waals surface area contributed by atoms with Crippen LogP contribution in [0.25, 0.3) is 0 Å². The molecule has 1 fully saturated rings. The average molecular weight is 264 g/mol. The molecular weight excluding hydrogens is 240 g/mol. The Balaban J connectivity index is 2.11. The molecule has 1 unspecified atom stereocenters. The van der Waals surface area contributed by atoms with E-state index in [0.717, 1.165) is 19.4 Å². The van der Waals surface area contributed by atoms with Crippen molar-refractivity contribution in [2.45, 2.75) is 32.7 Å². The lowest BCUT2D eigenvalue weighted by molar-refractivity contribution is 0.114. The van der Waals surface area contributed by atoms with Crippen LogP contribution >= 0.6 is 0 Å². The second-order valence-electron chi connectivity index (χ2n) is 4.94. The molecule has 1 aliphatic heterocycles. The summed E-state index contributed by atoms with van der Waals surface area (Å²) in [6.07, 6.45) is 2.02. The summed E-state index contributed by atoms with van der Waals surface area (Å²) in [5.41, 5.74) is 0. The van der Waals surface area contributed by atoms with Crippen molar-refractivity contribution in [3.8, 4) is 0 Å². The molecule has 1 aliphatic rings. The lowest BCUT2D eigenvalue weighted by Crippen LogP contribution is -2.37. The molecule has 2 N–H and O–H groups in total. The van der Waals surface area contributed by atoms with Crippen molar-refractivity contribution in [2.24, 2.45) is 5.92 Å². The molecule has 0 bridgehead atoms. The van der Waals surface area contributed by atoms with Crippen LogP contribution in [0.4, 0.5) is 0 Å². The van der Waals surface area contributed by atoms with Gasteiger partial charge in [0.15, 0.2) is 0 Å². The van der Waals surface area contributed by atoms with E-state index in [0.29, 0.717) is 25.7 Å². The standard InChI is InChI=1S/C11H24N2O3S/c1-10(2)8-16-7-6-13-17(14,15)9-11-4-3-5-12-11/h10-13H,3-9H2,1-2H3. The predicted octanol–water partition coefficient (Wildman–Crippen LogP) is 0.330. The van der Waals surface area contributed by atoms with Crippen LogP contribution in [0.2, 0.25) is 0 Å². The van der Waals surface area contributed by atoms with Gasteiger partial charge in [0.1, 0.15) is 0 Å². The van der Waals surface area contributed by atoms with Crippen LogP contribution in [0.15, 0.2) is 0 Å². The van der Waals surface area contributed by atoms with Gasteiger partial charge in [0.05, 0.1) is 12.4 Å². The van der Waals surface area contributed by atoms with Gasteiger partial charge in [-0.2, -0.15) is 0 Å². The normalized spacial score (nSPS) is 21.2. The average Bonchev–Trinajstić information content (AvgIpc) is 2.68. The number of ether oxygens (including phenoxy) is 1. The predicted molar refractivity (Wildman–Crippen MR) is 68.5 cm³/mol. The van der Waals surface area contributed by atoms with Crippen LogP contribution in [0, 0.1) is 5.92 Å². The van der Waals surface area contributed by atoms with Gasteiger partial charge in [0.25, 0.3) is 0 Å². The van der Waals surface area contributed by atoms with Crippen LogP contribution in [-0.2, 0) is 14.8 Å². The van der Waals surface area contributed by atoms with E-state index in [9.17, 15) is 8.42 Å². The van der Waals surface area contributed by atoms with Gasteiger partial charge in [-0.05, 0) is 25.3 Å². The minimum absolute atomic E-state index is 0.115. The lowest BCUT2D eigenvalue weighted by atomic mass is 10.2. The zero-order chi connectivity index (χ0) is 12.7. The zero-order valence-electron chi connectivity index (χ0n) is 10.7. The molecule has 1 rings (SSSR count). The summed E-state index contributed by atoms with van der Waals surface area (Å²) in [5, 5.41) is 3.18. The van der Waals surface area contributed by atoms with Gasteiger partial charge in [0.2, 0.25) is 10.0 Å². The third kappa shape index (κ3) is 6.98. The zero-order valence-corrected chi connectivity index (χ0v) is 11.6. The summed E-state index contributed by atoms with van der Waals surface area (Å²) >= 11 is 0. The van der Waals surface area contributed by atoms with Crippen molar-refractivity contribution in [1.82, 2.24) is 10.0 Å².